The Morgan fingerprint density at radius 2 is 2.31 bits per heavy atom. The number of aliphatic carboxylic acids is 1. The third-order valence-electron chi connectivity index (χ3n) is 3.34. The van der Waals surface area contributed by atoms with Crippen LogP contribution in [-0.4, -0.2) is 24.7 Å². The standard InChI is InChI=1S/C13H17NO2/c1-3-11(13(15)16)9-4-5-12-10(8-9)6-7-14(12)2/h4-5,8,11H,3,6-7H2,1-2H3,(H,15,16). The second-order valence-corrected chi connectivity index (χ2v) is 4.36. The summed E-state index contributed by atoms with van der Waals surface area (Å²) in [6.07, 6.45) is 1.67. The molecule has 1 unspecified atom stereocenters. The molecular formula is C13H17NO2. The smallest absolute Gasteiger partial charge is 0.310 e. The minimum atomic E-state index is -0.728. The summed E-state index contributed by atoms with van der Waals surface area (Å²) < 4.78 is 0. The van der Waals surface area contributed by atoms with Gasteiger partial charge >= 0.3 is 5.97 Å². The first-order chi connectivity index (χ1) is 7.63. The normalized spacial score (nSPS) is 16.0. The zero-order chi connectivity index (χ0) is 11.7. The van der Waals surface area contributed by atoms with Crippen LogP contribution in [0.2, 0.25) is 0 Å². The Morgan fingerprint density at radius 3 is 2.94 bits per heavy atom. The Labute approximate surface area is 95.7 Å². The summed E-state index contributed by atoms with van der Waals surface area (Å²) in [5.74, 6) is -1.09. The maximum atomic E-state index is 11.1. The molecule has 0 aromatic heterocycles. The highest BCUT2D eigenvalue weighted by Gasteiger charge is 2.21. The molecule has 86 valence electrons. The average Bonchev–Trinajstić information content (AvgIpc) is 2.61. The van der Waals surface area contributed by atoms with Crippen molar-refractivity contribution in [2.75, 3.05) is 18.5 Å². The third kappa shape index (κ3) is 1.77. The summed E-state index contributed by atoms with van der Waals surface area (Å²) in [6.45, 7) is 2.95. The van der Waals surface area contributed by atoms with E-state index in [4.69, 9.17) is 5.11 Å². The van der Waals surface area contributed by atoms with Crippen molar-refractivity contribution in [3.05, 3.63) is 29.3 Å². The first kappa shape index (κ1) is 11.0. The highest BCUT2D eigenvalue weighted by Crippen LogP contribution is 2.30. The molecule has 0 radical (unpaired) electrons. The molecule has 3 nitrogen and oxygen atoms in total. The third-order valence-corrected chi connectivity index (χ3v) is 3.34. The molecule has 16 heavy (non-hydrogen) atoms. The number of fused-ring (bicyclic) bond motifs is 1. The first-order valence-corrected chi connectivity index (χ1v) is 5.70. The van der Waals surface area contributed by atoms with E-state index in [0.717, 1.165) is 18.5 Å². The van der Waals surface area contributed by atoms with Crippen molar-refractivity contribution in [3.63, 3.8) is 0 Å². The Balaban J connectivity index is 2.34. The Hall–Kier alpha value is -1.51. The highest BCUT2D eigenvalue weighted by molar-refractivity contribution is 5.76. The summed E-state index contributed by atoms with van der Waals surface area (Å²) >= 11 is 0. The number of benzene rings is 1. The van der Waals surface area contributed by atoms with Gasteiger partial charge in [-0.3, -0.25) is 4.79 Å². The Morgan fingerprint density at radius 1 is 1.56 bits per heavy atom. The van der Waals surface area contributed by atoms with Gasteiger partial charge in [-0.15, -0.1) is 0 Å². The number of likely N-dealkylation sites (N-methyl/N-ethyl adjacent to an activating group) is 1. The first-order valence-electron chi connectivity index (χ1n) is 5.70. The largest absolute Gasteiger partial charge is 0.481 e. The predicted molar refractivity (Wildman–Crippen MR) is 64.1 cm³/mol. The van der Waals surface area contributed by atoms with Crippen LogP contribution in [0.5, 0.6) is 0 Å². The summed E-state index contributed by atoms with van der Waals surface area (Å²) in [5, 5.41) is 9.12. The maximum Gasteiger partial charge on any atom is 0.310 e. The van der Waals surface area contributed by atoms with Crippen LogP contribution >= 0.6 is 0 Å². The molecule has 0 saturated heterocycles. The second-order valence-electron chi connectivity index (χ2n) is 4.36. The van der Waals surface area contributed by atoms with Gasteiger partial charge in [0.05, 0.1) is 5.92 Å². The highest BCUT2D eigenvalue weighted by atomic mass is 16.4. The van der Waals surface area contributed by atoms with Crippen molar-refractivity contribution in [3.8, 4) is 0 Å². The number of hydrogen-bond acceptors (Lipinski definition) is 2. The summed E-state index contributed by atoms with van der Waals surface area (Å²) in [6, 6.07) is 6.05. The molecule has 2 rings (SSSR count). The van der Waals surface area contributed by atoms with E-state index in [9.17, 15) is 4.79 Å². The molecule has 1 aromatic carbocycles. The van der Waals surface area contributed by atoms with Gasteiger partial charge in [-0.05, 0) is 30.0 Å². The monoisotopic (exact) mass is 219 g/mol. The molecule has 0 saturated carbocycles. The van der Waals surface area contributed by atoms with E-state index in [1.54, 1.807) is 0 Å². The van der Waals surface area contributed by atoms with Gasteiger partial charge in [-0.1, -0.05) is 19.1 Å². The molecule has 1 aromatic rings. The Bertz CT molecular complexity index is 414. The van der Waals surface area contributed by atoms with E-state index in [-0.39, 0.29) is 5.92 Å². The van der Waals surface area contributed by atoms with Gasteiger partial charge in [0.1, 0.15) is 0 Å². The lowest BCUT2D eigenvalue weighted by atomic mass is 9.94. The van der Waals surface area contributed by atoms with E-state index in [0.29, 0.717) is 6.42 Å². The van der Waals surface area contributed by atoms with E-state index in [1.165, 1.54) is 11.3 Å². The average molecular weight is 219 g/mol. The molecule has 3 heteroatoms. The zero-order valence-electron chi connectivity index (χ0n) is 9.73. The van der Waals surface area contributed by atoms with Gasteiger partial charge in [0.2, 0.25) is 0 Å². The maximum absolute atomic E-state index is 11.1. The lowest BCUT2D eigenvalue weighted by molar-refractivity contribution is -0.138. The van der Waals surface area contributed by atoms with Crippen molar-refractivity contribution in [2.24, 2.45) is 0 Å². The van der Waals surface area contributed by atoms with Crippen molar-refractivity contribution in [2.45, 2.75) is 25.7 Å². The summed E-state index contributed by atoms with van der Waals surface area (Å²) in [4.78, 5) is 13.3. The van der Waals surface area contributed by atoms with Crippen LogP contribution in [-0.2, 0) is 11.2 Å². The van der Waals surface area contributed by atoms with E-state index >= 15 is 0 Å². The van der Waals surface area contributed by atoms with Crippen LogP contribution in [0, 0.1) is 0 Å². The van der Waals surface area contributed by atoms with Gasteiger partial charge in [0.25, 0.3) is 0 Å². The van der Waals surface area contributed by atoms with Crippen molar-refractivity contribution >= 4 is 11.7 Å². The van der Waals surface area contributed by atoms with Crippen molar-refractivity contribution in [1.82, 2.24) is 0 Å². The van der Waals surface area contributed by atoms with Crippen LogP contribution in [0.15, 0.2) is 18.2 Å². The van der Waals surface area contributed by atoms with Crippen LogP contribution in [0.4, 0.5) is 5.69 Å². The van der Waals surface area contributed by atoms with E-state index in [2.05, 4.69) is 18.0 Å². The summed E-state index contributed by atoms with van der Waals surface area (Å²) in [5.41, 5.74) is 3.45. The number of carboxylic acid groups (broad SMARTS) is 1. The topological polar surface area (TPSA) is 40.5 Å². The molecule has 0 aliphatic carbocycles. The zero-order valence-corrected chi connectivity index (χ0v) is 9.73. The molecule has 0 fully saturated rings. The fourth-order valence-corrected chi connectivity index (χ4v) is 2.36. The van der Waals surface area contributed by atoms with Gasteiger partial charge in [-0.2, -0.15) is 0 Å². The van der Waals surface area contributed by atoms with E-state index < -0.39 is 5.97 Å². The molecule has 1 aliphatic rings. The van der Waals surface area contributed by atoms with Gasteiger partial charge in [0.15, 0.2) is 0 Å². The molecule has 1 atom stereocenters. The molecule has 0 bridgehead atoms. The van der Waals surface area contributed by atoms with Crippen LogP contribution in [0.3, 0.4) is 0 Å². The lowest BCUT2D eigenvalue weighted by Crippen LogP contribution is -2.12. The Kier molecular flexibility index (Phi) is 2.86. The molecule has 1 heterocycles. The van der Waals surface area contributed by atoms with Crippen molar-refractivity contribution in [1.29, 1.82) is 0 Å². The molecule has 0 amide bonds. The quantitative estimate of drug-likeness (QED) is 0.847. The molecule has 1 aliphatic heterocycles. The van der Waals surface area contributed by atoms with Gasteiger partial charge in [0, 0.05) is 19.3 Å². The van der Waals surface area contributed by atoms with Gasteiger partial charge in [-0.25, -0.2) is 0 Å². The SMILES string of the molecule is CCC(C(=O)O)c1ccc2c(c1)CCN2C. The number of rotatable bonds is 3. The minimum absolute atomic E-state index is 0.365. The molecule has 1 N–H and O–H groups in total. The number of nitrogens with zero attached hydrogens (tertiary/aromatic N) is 1. The fourth-order valence-electron chi connectivity index (χ4n) is 2.36. The lowest BCUT2D eigenvalue weighted by Gasteiger charge is -2.14. The van der Waals surface area contributed by atoms with Crippen molar-refractivity contribution < 1.29 is 9.90 Å². The van der Waals surface area contributed by atoms with Crippen LogP contribution in [0.1, 0.15) is 30.4 Å². The number of carbonyl (C=O) groups is 1. The number of hydrogen-bond donors (Lipinski definition) is 1. The molecule has 0 spiro atoms. The minimum Gasteiger partial charge on any atom is -0.481 e. The number of anilines is 1. The second kappa shape index (κ2) is 4.16. The summed E-state index contributed by atoms with van der Waals surface area (Å²) in [7, 11) is 2.07. The predicted octanol–water partition coefficient (Wildman–Crippen LogP) is 2.26. The molecular weight excluding hydrogens is 202 g/mol. The number of carboxylic acids is 1. The van der Waals surface area contributed by atoms with E-state index in [1.807, 2.05) is 19.1 Å². The van der Waals surface area contributed by atoms with Crippen LogP contribution < -0.4 is 4.90 Å². The fraction of sp³-hybridized carbons (Fsp3) is 0.462. The van der Waals surface area contributed by atoms with Crippen LogP contribution in [0.25, 0.3) is 0 Å². The van der Waals surface area contributed by atoms with Gasteiger partial charge < -0.3 is 10.0 Å².